The van der Waals surface area contributed by atoms with Crippen LogP contribution >= 0.6 is 0 Å². The van der Waals surface area contributed by atoms with E-state index in [1.54, 1.807) is 30.3 Å². The van der Waals surface area contributed by atoms with Gasteiger partial charge in [0.15, 0.2) is 6.10 Å². The Bertz CT molecular complexity index is 1300. The van der Waals surface area contributed by atoms with E-state index < -0.39 is 34.5 Å². The van der Waals surface area contributed by atoms with E-state index in [4.69, 9.17) is 4.74 Å². The molecule has 0 aromatic heterocycles. The number of hydrogen-bond acceptors (Lipinski definition) is 7. The van der Waals surface area contributed by atoms with Crippen molar-refractivity contribution in [1.29, 1.82) is 0 Å². The Labute approximate surface area is 187 Å². The highest BCUT2D eigenvalue weighted by Crippen LogP contribution is 2.33. The molecule has 164 valence electrons. The molecule has 0 bridgehead atoms. The van der Waals surface area contributed by atoms with Crippen molar-refractivity contribution in [3.8, 4) is 0 Å². The van der Waals surface area contributed by atoms with Crippen LogP contribution in [0.25, 0.3) is 0 Å². The number of nitro groups is 1. The Balaban J connectivity index is 1.52. The van der Waals surface area contributed by atoms with Crippen LogP contribution in [0.1, 0.15) is 48.4 Å². The number of amides is 2. The highest BCUT2D eigenvalue weighted by atomic mass is 16.6. The minimum Gasteiger partial charge on any atom is -0.451 e. The predicted molar refractivity (Wildman–Crippen MR) is 116 cm³/mol. The lowest BCUT2D eigenvalue weighted by Crippen LogP contribution is -2.29. The third-order valence-corrected chi connectivity index (χ3v) is 5.16. The lowest BCUT2D eigenvalue weighted by molar-refractivity contribution is -0.385. The molecule has 9 heteroatoms. The fraction of sp³-hybridized carbons (Fsp3) is 0.0833. The van der Waals surface area contributed by atoms with Crippen LogP contribution in [0.5, 0.6) is 0 Å². The Hall–Kier alpha value is -4.66. The van der Waals surface area contributed by atoms with Crippen LogP contribution in [0.15, 0.2) is 72.8 Å². The molecule has 1 aliphatic rings. The average molecular weight is 444 g/mol. The van der Waals surface area contributed by atoms with E-state index in [0.29, 0.717) is 5.56 Å². The van der Waals surface area contributed by atoms with Gasteiger partial charge in [-0.15, -0.1) is 0 Å². The van der Waals surface area contributed by atoms with Crippen LogP contribution < -0.4 is 4.90 Å². The summed E-state index contributed by atoms with van der Waals surface area (Å²) in [5.41, 5.74) is -0.136. The van der Waals surface area contributed by atoms with E-state index in [-0.39, 0.29) is 28.2 Å². The zero-order valence-electron chi connectivity index (χ0n) is 17.3. The molecular formula is C24H16N2O7. The molecule has 0 N–H and O–H groups in total. The van der Waals surface area contributed by atoms with E-state index in [9.17, 15) is 29.3 Å². The lowest BCUT2D eigenvalue weighted by Gasteiger charge is -2.15. The molecule has 9 nitrogen and oxygen atoms in total. The van der Waals surface area contributed by atoms with Gasteiger partial charge in [-0.2, -0.15) is 0 Å². The zero-order chi connectivity index (χ0) is 23.7. The number of hydrogen-bond donors (Lipinski definition) is 0. The number of esters is 1. The number of anilines is 1. The number of carbonyl (C=O) groups excluding carboxylic acids is 4. The first-order valence-electron chi connectivity index (χ1n) is 9.86. The molecule has 2 amide bonds. The van der Waals surface area contributed by atoms with Crippen molar-refractivity contribution in [3.63, 3.8) is 0 Å². The van der Waals surface area contributed by atoms with Gasteiger partial charge >= 0.3 is 5.97 Å². The molecule has 0 aliphatic carbocycles. The van der Waals surface area contributed by atoms with Gasteiger partial charge in [0, 0.05) is 11.6 Å². The minimum absolute atomic E-state index is 0.0639. The number of fused-ring (bicyclic) bond motifs is 1. The number of benzene rings is 3. The highest BCUT2D eigenvalue weighted by molar-refractivity contribution is 6.35. The largest absolute Gasteiger partial charge is 0.451 e. The van der Waals surface area contributed by atoms with Gasteiger partial charge in [-0.3, -0.25) is 24.5 Å². The van der Waals surface area contributed by atoms with Crippen molar-refractivity contribution in [2.45, 2.75) is 13.0 Å². The van der Waals surface area contributed by atoms with E-state index >= 15 is 0 Å². The molecule has 1 atom stereocenters. The lowest BCUT2D eigenvalue weighted by atomic mass is 10.1. The maximum atomic E-state index is 12.8. The van der Waals surface area contributed by atoms with Gasteiger partial charge in [0.05, 0.1) is 21.7 Å². The summed E-state index contributed by atoms with van der Waals surface area (Å²) in [5.74, 6) is -2.62. The fourth-order valence-corrected chi connectivity index (χ4v) is 3.52. The fourth-order valence-electron chi connectivity index (χ4n) is 3.52. The van der Waals surface area contributed by atoms with Crippen molar-refractivity contribution < 1.29 is 28.8 Å². The Morgan fingerprint density at radius 1 is 0.879 bits per heavy atom. The molecule has 3 aromatic carbocycles. The van der Waals surface area contributed by atoms with Gasteiger partial charge in [0.1, 0.15) is 5.56 Å². The number of imide groups is 1. The molecule has 0 saturated heterocycles. The molecule has 0 radical (unpaired) electrons. The summed E-state index contributed by atoms with van der Waals surface area (Å²) >= 11 is 0. The van der Waals surface area contributed by atoms with Gasteiger partial charge in [0.2, 0.25) is 5.78 Å². The van der Waals surface area contributed by atoms with Gasteiger partial charge in [-0.1, -0.05) is 36.4 Å². The number of nitrogens with zero attached hydrogens (tertiary/aromatic N) is 2. The van der Waals surface area contributed by atoms with Crippen LogP contribution in [-0.2, 0) is 4.74 Å². The normalized spacial score (nSPS) is 13.4. The van der Waals surface area contributed by atoms with Crippen molar-refractivity contribution >= 4 is 34.9 Å². The van der Waals surface area contributed by atoms with E-state index in [0.717, 1.165) is 11.0 Å². The smallest absolute Gasteiger partial charge is 0.338 e. The van der Waals surface area contributed by atoms with E-state index in [2.05, 4.69) is 0 Å². The molecule has 1 aliphatic heterocycles. The first kappa shape index (κ1) is 21.6. The molecular weight excluding hydrogens is 428 g/mol. The van der Waals surface area contributed by atoms with Crippen LogP contribution in [0.4, 0.5) is 11.4 Å². The maximum absolute atomic E-state index is 12.8. The van der Waals surface area contributed by atoms with Gasteiger partial charge in [0.25, 0.3) is 17.5 Å². The van der Waals surface area contributed by atoms with E-state index in [1.807, 2.05) is 0 Å². The summed E-state index contributed by atoms with van der Waals surface area (Å²) in [6.07, 6.45) is -1.02. The van der Waals surface area contributed by atoms with Crippen molar-refractivity contribution in [3.05, 3.63) is 105 Å². The summed E-state index contributed by atoms with van der Waals surface area (Å²) < 4.78 is 5.24. The van der Waals surface area contributed by atoms with Crippen LogP contribution in [0, 0.1) is 10.1 Å². The van der Waals surface area contributed by atoms with Crippen molar-refractivity contribution in [1.82, 2.24) is 0 Å². The topological polar surface area (TPSA) is 124 Å². The number of Topliss-reactive ketones (excluding diaryl/α,β-unsaturated/α-hetero) is 1. The van der Waals surface area contributed by atoms with Gasteiger partial charge in [-0.05, 0) is 37.3 Å². The summed E-state index contributed by atoms with van der Waals surface area (Å²) in [4.78, 5) is 61.7. The first-order chi connectivity index (χ1) is 15.8. The highest BCUT2D eigenvalue weighted by Gasteiger charge is 2.41. The quantitative estimate of drug-likeness (QED) is 0.186. The number of ketones is 1. The summed E-state index contributed by atoms with van der Waals surface area (Å²) in [7, 11) is 0. The second kappa shape index (κ2) is 8.46. The molecule has 0 saturated carbocycles. The standard InChI is InChI=1S/C24H16N2O7/c1-14(21(27)15-6-3-2-4-7-15)33-24(30)16-10-12-17(13-11-16)25-22(28)18-8-5-9-19(26(31)32)20(18)23(25)29/h2-14H,1H3/t14-/m1/s1. The Kier molecular flexibility index (Phi) is 5.53. The number of ether oxygens (including phenoxy) is 1. The molecule has 3 aromatic rings. The zero-order valence-corrected chi connectivity index (χ0v) is 17.3. The number of rotatable bonds is 6. The van der Waals surface area contributed by atoms with E-state index in [1.165, 1.54) is 43.3 Å². The summed E-state index contributed by atoms with van der Waals surface area (Å²) in [5, 5.41) is 11.3. The maximum Gasteiger partial charge on any atom is 0.338 e. The second-order valence-electron chi connectivity index (χ2n) is 7.23. The minimum atomic E-state index is -1.02. The summed E-state index contributed by atoms with van der Waals surface area (Å²) in [6.45, 7) is 1.47. The van der Waals surface area contributed by atoms with Crippen molar-refractivity contribution in [2.75, 3.05) is 4.90 Å². The predicted octanol–water partition coefficient (Wildman–Crippen LogP) is 3.82. The van der Waals surface area contributed by atoms with Gasteiger partial charge in [-0.25, -0.2) is 9.69 Å². The van der Waals surface area contributed by atoms with Crippen LogP contribution in [0.2, 0.25) is 0 Å². The molecule has 33 heavy (non-hydrogen) atoms. The third-order valence-electron chi connectivity index (χ3n) is 5.16. The Morgan fingerprint density at radius 2 is 1.55 bits per heavy atom. The third kappa shape index (κ3) is 3.87. The Morgan fingerprint density at radius 3 is 2.18 bits per heavy atom. The molecule has 0 fully saturated rings. The number of carbonyl (C=O) groups is 4. The number of nitro benzene ring substituents is 1. The molecule has 0 unspecified atom stereocenters. The SMILES string of the molecule is C[C@@H](OC(=O)c1ccc(N2C(=O)c3cccc([N+](=O)[O-])c3C2=O)cc1)C(=O)c1ccccc1. The first-order valence-corrected chi connectivity index (χ1v) is 9.86. The van der Waals surface area contributed by atoms with Crippen LogP contribution in [-0.4, -0.2) is 34.6 Å². The molecule has 0 spiro atoms. The van der Waals surface area contributed by atoms with Crippen molar-refractivity contribution in [2.24, 2.45) is 0 Å². The molecule has 1 heterocycles. The van der Waals surface area contributed by atoms with Crippen LogP contribution in [0.3, 0.4) is 0 Å². The van der Waals surface area contributed by atoms with Gasteiger partial charge < -0.3 is 4.74 Å². The monoisotopic (exact) mass is 444 g/mol. The molecule has 4 rings (SSSR count). The average Bonchev–Trinajstić information content (AvgIpc) is 3.09. The second-order valence-corrected chi connectivity index (χ2v) is 7.23. The summed E-state index contributed by atoms with van der Waals surface area (Å²) in [6, 6.07) is 17.6.